The predicted molar refractivity (Wildman–Crippen MR) is 87.7 cm³/mol. The number of halogens is 2. The molecule has 0 unspecified atom stereocenters. The lowest BCUT2D eigenvalue weighted by Gasteiger charge is -1.97. The first-order chi connectivity index (χ1) is 9.63. The van der Waals surface area contributed by atoms with E-state index in [0.29, 0.717) is 20.0 Å². The maximum atomic E-state index is 12.1. The van der Waals surface area contributed by atoms with Crippen molar-refractivity contribution in [1.82, 2.24) is 4.98 Å². The zero-order valence-electron chi connectivity index (χ0n) is 10.2. The van der Waals surface area contributed by atoms with E-state index in [9.17, 15) is 4.79 Å². The molecule has 0 aliphatic heterocycles. The van der Waals surface area contributed by atoms with Gasteiger partial charge >= 0.3 is 0 Å². The zero-order chi connectivity index (χ0) is 14.1. The Bertz CT molecular complexity index is 745. The van der Waals surface area contributed by atoms with Crippen molar-refractivity contribution in [1.29, 1.82) is 0 Å². The summed E-state index contributed by atoms with van der Waals surface area (Å²) in [5.74, 6) is 0.321. The van der Waals surface area contributed by atoms with E-state index in [1.807, 2.05) is 30.3 Å². The van der Waals surface area contributed by atoms with Crippen LogP contribution >= 0.6 is 46.3 Å². The summed E-state index contributed by atoms with van der Waals surface area (Å²) in [6.07, 6.45) is 0. The summed E-state index contributed by atoms with van der Waals surface area (Å²) in [5, 5.41) is 2.11. The number of aromatic amines is 1. The van der Waals surface area contributed by atoms with Crippen LogP contribution in [0, 0.1) is 0 Å². The molecule has 1 N–H and O–H groups in total. The lowest BCUT2D eigenvalue weighted by atomic mass is 10.2. The summed E-state index contributed by atoms with van der Waals surface area (Å²) >= 11 is 14.5. The first-order valence-corrected chi connectivity index (χ1v) is 8.38. The van der Waals surface area contributed by atoms with E-state index < -0.39 is 0 Å². The number of thioether (sulfide) groups is 1. The van der Waals surface area contributed by atoms with Crippen LogP contribution in [0.1, 0.15) is 10.4 Å². The van der Waals surface area contributed by atoms with Gasteiger partial charge in [0.15, 0.2) is 5.78 Å². The molecular weight excluding hydrogens is 333 g/mol. The Morgan fingerprint density at radius 2 is 2.05 bits per heavy atom. The Morgan fingerprint density at radius 3 is 2.75 bits per heavy atom. The van der Waals surface area contributed by atoms with Gasteiger partial charge in [-0.3, -0.25) is 4.79 Å². The molecule has 0 amide bonds. The number of para-hydroxylation sites is 1. The third kappa shape index (κ3) is 2.88. The number of Topliss-reactive ketones (excluding diaryl/α,β-unsaturated/α-hetero) is 1. The average Bonchev–Trinajstić information content (AvgIpc) is 2.98. The number of H-pyrrole nitrogens is 1. The number of fused-ring (bicyclic) bond motifs is 1. The molecule has 20 heavy (non-hydrogen) atoms. The molecule has 6 heteroatoms. The highest BCUT2D eigenvalue weighted by Gasteiger charge is 2.14. The number of hydrogen-bond acceptors (Lipinski definition) is 3. The minimum absolute atomic E-state index is 0.0122. The number of thiophene rings is 1. The van der Waals surface area contributed by atoms with Crippen LogP contribution in [0.4, 0.5) is 0 Å². The van der Waals surface area contributed by atoms with Crippen molar-refractivity contribution in [2.24, 2.45) is 0 Å². The first kappa shape index (κ1) is 14.0. The van der Waals surface area contributed by atoms with Crippen molar-refractivity contribution >= 4 is 63.0 Å². The molecular formula is C14H9Cl2NOS2. The van der Waals surface area contributed by atoms with Crippen molar-refractivity contribution in [3.63, 3.8) is 0 Å². The van der Waals surface area contributed by atoms with E-state index in [2.05, 4.69) is 4.98 Å². The van der Waals surface area contributed by atoms with Crippen molar-refractivity contribution in [3.05, 3.63) is 50.6 Å². The number of aromatic nitrogens is 1. The van der Waals surface area contributed by atoms with Gasteiger partial charge in [0, 0.05) is 16.5 Å². The van der Waals surface area contributed by atoms with Crippen LogP contribution in [0.3, 0.4) is 0 Å². The summed E-state index contributed by atoms with van der Waals surface area (Å²) in [7, 11) is 0. The molecule has 0 fully saturated rings. The third-order valence-electron chi connectivity index (χ3n) is 2.82. The molecule has 0 bridgehead atoms. The highest BCUT2D eigenvalue weighted by Crippen LogP contribution is 2.32. The minimum atomic E-state index is -0.0122. The normalized spacial score (nSPS) is 11.1. The molecule has 0 atom stereocenters. The van der Waals surface area contributed by atoms with E-state index in [4.69, 9.17) is 23.2 Å². The van der Waals surface area contributed by atoms with Crippen LogP contribution in [0.25, 0.3) is 10.9 Å². The number of nitrogens with one attached hydrogen (secondary N) is 1. The number of ketones is 1. The van der Waals surface area contributed by atoms with Gasteiger partial charge in [-0.2, -0.15) is 0 Å². The molecule has 3 rings (SSSR count). The number of carbonyl (C=O) groups is 1. The molecule has 0 radical (unpaired) electrons. The van der Waals surface area contributed by atoms with Crippen LogP contribution in [0.2, 0.25) is 8.67 Å². The molecule has 102 valence electrons. The molecule has 0 saturated heterocycles. The van der Waals surface area contributed by atoms with Crippen LogP contribution in [0.15, 0.2) is 41.4 Å². The van der Waals surface area contributed by atoms with Gasteiger partial charge in [-0.05, 0) is 18.2 Å². The molecule has 1 aromatic carbocycles. The lowest BCUT2D eigenvalue weighted by Crippen LogP contribution is -2.01. The van der Waals surface area contributed by atoms with Gasteiger partial charge in [0.25, 0.3) is 0 Å². The van der Waals surface area contributed by atoms with Gasteiger partial charge in [0.1, 0.15) is 4.34 Å². The van der Waals surface area contributed by atoms with Gasteiger partial charge in [0.05, 0.1) is 15.1 Å². The second-order valence-electron chi connectivity index (χ2n) is 4.17. The van der Waals surface area contributed by atoms with E-state index in [1.54, 1.807) is 6.07 Å². The Labute approximate surface area is 134 Å². The largest absolute Gasteiger partial charge is 0.350 e. The molecule has 0 saturated carbocycles. The second-order valence-corrected chi connectivity index (χ2v) is 7.47. The third-order valence-corrected chi connectivity index (χ3v) is 5.25. The fraction of sp³-hybridized carbons (Fsp3) is 0.0714. The summed E-state index contributed by atoms with van der Waals surface area (Å²) in [5.41, 5.74) is 1.57. The van der Waals surface area contributed by atoms with E-state index in [0.717, 1.165) is 15.9 Å². The van der Waals surface area contributed by atoms with Gasteiger partial charge < -0.3 is 4.98 Å². The van der Waals surface area contributed by atoms with Crippen LogP contribution in [-0.2, 0) is 0 Å². The summed E-state index contributed by atoms with van der Waals surface area (Å²) in [6, 6.07) is 11.7. The highest BCUT2D eigenvalue weighted by molar-refractivity contribution is 8.00. The quantitative estimate of drug-likeness (QED) is 0.501. The summed E-state index contributed by atoms with van der Waals surface area (Å²) in [6.45, 7) is 0. The Balaban J connectivity index is 1.73. The number of benzene rings is 1. The molecule has 0 aliphatic rings. The van der Waals surface area contributed by atoms with Gasteiger partial charge in [0.2, 0.25) is 0 Å². The monoisotopic (exact) mass is 341 g/mol. The first-order valence-electron chi connectivity index (χ1n) is 5.82. The molecule has 0 spiro atoms. The van der Waals surface area contributed by atoms with Gasteiger partial charge in [-0.15, -0.1) is 23.1 Å². The summed E-state index contributed by atoms with van der Waals surface area (Å²) < 4.78 is 0.992. The lowest BCUT2D eigenvalue weighted by molar-refractivity contribution is 0.102. The Morgan fingerprint density at radius 1 is 1.25 bits per heavy atom. The van der Waals surface area contributed by atoms with E-state index in [-0.39, 0.29) is 5.78 Å². The molecule has 2 heterocycles. The number of rotatable bonds is 4. The second kappa shape index (κ2) is 5.82. The van der Waals surface area contributed by atoms with Crippen LogP contribution in [-0.4, -0.2) is 16.5 Å². The summed E-state index contributed by atoms with van der Waals surface area (Å²) in [4.78, 5) is 15.4. The van der Waals surface area contributed by atoms with E-state index in [1.165, 1.54) is 23.1 Å². The van der Waals surface area contributed by atoms with Gasteiger partial charge in [-0.25, -0.2) is 0 Å². The maximum Gasteiger partial charge on any atom is 0.175 e. The number of carbonyl (C=O) groups excluding carboxylic acids is 1. The maximum absolute atomic E-state index is 12.1. The van der Waals surface area contributed by atoms with E-state index >= 15 is 0 Å². The average molecular weight is 342 g/mol. The molecule has 0 aliphatic carbocycles. The minimum Gasteiger partial charge on any atom is -0.350 e. The molecule has 3 aromatic rings. The highest BCUT2D eigenvalue weighted by atomic mass is 35.5. The smallest absolute Gasteiger partial charge is 0.175 e. The predicted octanol–water partition coefficient (Wildman–Crippen LogP) is 5.51. The van der Waals surface area contributed by atoms with Crippen LogP contribution in [0.5, 0.6) is 0 Å². The Hall–Kier alpha value is -0.940. The SMILES string of the molecule is O=C(CSc1cc2ccccc2[nH]1)c1cc(Cl)sc1Cl. The molecule has 2 aromatic heterocycles. The standard InChI is InChI=1S/C14H9Cl2NOS2/c15-12-6-9(14(16)20-12)11(18)7-19-13-5-8-3-1-2-4-10(8)17-13/h1-6,17H,7H2. The van der Waals surface area contributed by atoms with Crippen LogP contribution < -0.4 is 0 Å². The van der Waals surface area contributed by atoms with Gasteiger partial charge in [-0.1, -0.05) is 41.4 Å². The number of hydrogen-bond donors (Lipinski definition) is 1. The fourth-order valence-corrected chi connectivity index (χ4v) is 4.21. The van der Waals surface area contributed by atoms with Crippen molar-refractivity contribution in [2.75, 3.05) is 5.75 Å². The van der Waals surface area contributed by atoms with Crippen molar-refractivity contribution in [2.45, 2.75) is 5.03 Å². The fourth-order valence-electron chi connectivity index (χ4n) is 1.88. The van der Waals surface area contributed by atoms with Crippen molar-refractivity contribution < 1.29 is 4.79 Å². The molecule has 2 nitrogen and oxygen atoms in total. The van der Waals surface area contributed by atoms with Crippen molar-refractivity contribution in [3.8, 4) is 0 Å². The topological polar surface area (TPSA) is 32.9 Å². The zero-order valence-corrected chi connectivity index (χ0v) is 13.3. The Kier molecular flexibility index (Phi) is 4.08.